The van der Waals surface area contributed by atoms with Gasteiger partial charge in [-0.1, -0.05) is 0 Å². The number of carbonyl (C=O) groups is 2. The van der Waals surface area contributed by atoms with E-state index < -0.39 is 11.9 Å². The summed E-state index contributed by atoms with van der Waals surface area (Å²) in [6, 6.07) is 8.80. The third kappa shape index (κ3) is 4.19. The number of carbonyl (C=O) groups excluding carboxylic acids is 2. The predicted octanol–water partition coefficient (Wildman–Crippen LogP) is 3.32. The molecular formula is C25H24N2O9. The van der Waals surface area contributed by atoms with Crippen molar-refractivity contribution in [2.75, 3.05) is 45.5 Å². The van der Waals surface area contributed by atoms with Gasteiger partial charge in [-0.2, -0.15) is 0 Å². The topological polar surface area (TPSA) is 123 Å². The maximum Gasteiger partial charge on any atom is 0.335 e. The average Bonchev–Trinajstić information content (AvgIpc) is 3.57. The second-order valence-electron chi connectivity index (χ2n) is 7.95. The van der Waals surface area contributed by atoms with Crippen LogP contribution in [0.4, 0.5) is 11.4 Å². The molecule has 0 amide bonds. The zero-order chi connectivity index (χ0) is 25.2. The lowest BCUT2D eigenvalue weighted by atomic mass is 9.92. The Hall–Kier alpha value is -4.54. The fraction of sp³-hybridized carbons (Fsp3) is 0.280. The number of allylic oxidation sites excluding steroid dienone is 2. The van der Waals surface area contributed by atoms with Crippen LogP contribution in [-0.2, 0) is 19.1 Å². The van der Waals surface area contributed by atoms with Crippen LogP contribution in [0, 0.1) is 0 Å². The molecule has 0 spiro atoms. The maximum absolute atomic E-state index is 12.8. The highest BCUT2D eigenvalue weighted by Crippen LogP contribution is 2.47. The molecule has 11 heteroatoms. The number of hydrogen-bond acceptors (Lipinski definition) is 11. The first-order chi connectivity index (χ1) is 17.5. The van der Waals surface area contributed by atoms with E-state index >= 15 is 0 Å². The van der Waals surface area contributed by atoms with Crippen LogP contribution in [0.2, 0.25) is 0 Å². The van der Waals surface area contributed by atoms with Crippen molar-refractivity contribution in [2.45, 2.75) is 12.8 Å². The zero-order valence-electron chi connectivity index (χ0n) is 19.9. The van der Waals surface area contributed by atoms with Crippen LogP contribution < -0.4 is 34.3 Å². The quantitative estimate of drug-likeness (QED) is 0.549. The molecule has 5 rings (SSSR count). The smallest absolute Gasteiger partial charge is 0.335 e. The fourth-order valence-corrected chi connectivity index (χ4v) is 4.22. The fourth-order valence-electron chi connectivity index (χ4n) is 4.22. The highest BCUT2D eigenvalue weighted by Gasteiger charge is 2.31. The van der Waals surface area contributed by atoms with Crippen LogP contribution in [0.1, 0.15) is 12.8 Å². The van der Waals surface area contributed by atoms with Gasteiger partial charge >= 0.3 is 11.9 Å². The molecular weight excluding hydrogens is 472 g/mol. The molecule has 2 aliphatic heterocycles. The van der Waals surface area contributed by atoms with E-state index in [0.29, 0.717) is 62.7 Å². The van der Waals surface area contributed by atoms with E-state index in [4.69, 9.17) is 33.2 Å². The third-order valence-corrected chi connectivity index (χ3v) is 5.95. The van der Waals surface area contributed by atoms with Crippen molar-refractivity contribution in [3.05, 3.63) is 52.9 Å². The highest BCUT2D eigenvalue weighted by molar-refractivity contribution is 5.96. The van der Waals surface area contributed by atoms with Crippen molar-refractivity contribution in [3.8, 4) is 28.7 Å². The zero-order valence-corrected chi connectivity index (χ0v) is 19.9. The summed E-state index contributed by atoms with van der Waals surface area (Å²) in [6.07, 6.45) is 0.155. The Bertz CT molecular complexity index is 1300. The van der Waals surface area contributed by atoms with Crippen molar-refractivity contribution < 1.29 is 42.7 Å². The largest absolute Gasteiger partial charge is 0.491 e. The van der Waals surface area contributed by atoms with E-state index in [-0.39, 0.29) is 26.4 Å². The Morgan fingerprint density at radius 1 is 0.750 bits per heavy atom. The maximum atomic E-state index is 12.8. The number of benzene rings is 2. The number of hydrogen-bond donors (Lipinski definition) is 2. The van der Waals surface area contributed by atoms with Gasteiger partial charge in [0.2, 0.25) is 19.3 Å². The van der Waals surface area contributed by atoms with Gasteiger partial charge in [-0.25, -0.2) is 9.59 Å². The summed E-state index contributed by atoms with van der Waals surface area (Å²) in [6.45, 7) is 0.220. The highest BCUT2D eigenvalue weighted by atomic mass is 16.7. The SMILES string of the molecule is COC(=O)C1=C(Nc2ccc3c(c2)OCO3)CC(C(=O)OC)=C(Nc2ccc3c(c2OC)OCO3)C1. The number of esters is 2. The summed E-state index contributed by atoms with van der Waals surface area (Å²) in [5.74, 6) is 1.56. The monoisotopic (exact) mass is 496 g/mol. The molecule has 2 N–H and O–H groups in total. The summed E-state index contributed by atoms with van der Waals surface area (Å²) in [5.41, 5.74) is 2.86. The number of methoxy groups -OCH3 is 3. The summed E-state index contributed by atoms with van der Waals surface area (Å²) in [4.78, 5) is 25.6. The number of ether oxygens (including phenoxy) is 7. The molecule has 0 bridgehead atoms. The number of nitrogens with one attached hydrogen (secondary N) is 2. The Morgan fingerprint density at radius 2 is 1.36 bits per heavy atom. The third-order valence-electron chi connectivity index (χ3n) is 5.95. The normalized spacial score (nSPS) is 15.5. The predicted molar refractivity (Wildman–Crippen MR) is 126 cm³/mol. The lowest BCUT2D eigenvalue weighted by molar-refractivity contribution is -0.137. The van der Waals surface area contributed by atoms with E-state index in [1.165, 1.54) is 21.3 Å². The molecule has 1 aliphatic carbocycles. The molecule has 0 fully saturated rings. The molecule has 2 aromatic carbocycles. The van der Waals surface area contributed by atoms with Crippen LogP contribution in [0.25, 0.3) is 0 Å². The molecule has 0 saturated carbocycles. The molecule has 0 unspecified atom stereocenters. The molecule has 0 radical (unpaired) electrons. The number of rotatable bonds is 7. The molecule has 2 aromatic rings. The Kier molecular flexibility index (Phi) is 6.19. The molecule has 2 heterocycles. The van der Waals surface area contributed by atoms with Gasteiger partial charge in [-0.05, 0) is 24.3 Å². The standard InChI is InChI=1S/C25H24N2O9/c1-30-22-16(5-7-20-23(22)36-12-34-20)27-18-10-14(24(28)31-2)17(9-15(18)25(29)32-3)26-13-4-6-19-21(8-13)35-11-33-19/h4-8,26-27H,9-12H2,1-3H3. The first-order valence-electron chi connectivity index (χ1n) is 11.0. The lowest BCUT2D eigenvalue weighted by Gasteiger charge is -2.26. The summed E-state index contributed by atoms with van der Waals surface area (Å²) < 4.78 is 37.4. The Labute approximate surface area is 206 Å². The van der Waals surface area contributed by atoms with Gasteiger partial charge in [0.15, 0.2) is 23.0 Å². The van der Waals surface area contributed by atoms with Crippen molar-refractivity contribution >= 4 is 23.3 Å². The van der Waals surface area contributed by atoms with Crippen molar-refractivity contribution in [2.24, 2.45) is 0 Å². The molecule has 188 valence electrons. The van der Waals surface area contributed by atoms with Crippen molar-refractivity contribution in [1.82, 2.24) is 0 Å². The summed E-state index contributed by atoms with van der Waals surface area (Å²) in [5, 5.41) is 6.47. The molecule has 11 nitrogen and oxygen atoms in total. The Balaban J connectivity index is 1.50. The second kappa shape index (κ2) is 9.61. The van der Waals surface area contributed by atoms with E-state index in [0.717, 1.165) is 0 Å². The van der Waals surface area contributed by atoms with Gasteiger partial charge in [0.05, 0.1) is 38.2 Å². The second-order valence-corrected chi connectivity index (χ2v) is 7.95. The van der Waals surface area contributed by atoms with E-state index in [1.54, 1.807) is 30.3 Å². The lowest BCUT2D eigenvalue weighted by Crippen LogP contribution is -2.24. The first-order valence-corrected chi connectivity index (χ1v) is 11.0. The van der Waals surface area contributed by atoms with Gasteiger partial charge < -0.3 is 43.8 Å². The van der Waals surface area contributed by atoms with Crippen LogP contribution >= 0.6 is 0 Å². The van der Waals surface area contributed by atoms with E-state index in [9.17, 15) is 9.59 Å². The minimum absolute atomic E-state index is 0.0710. The van der Waals surface area contributed by atoms with E-state index in [1.807, 2.05) is 0 Å². The van der Waals surface area contributed by atoms with Gasteiger partial charge in [0.1, 0.15) is 0 Å². The van der Waals surface area contributed by atoms with Gasteiger partial charge in [0.25, 0.3) is 0 Å². The first kappa shape index (κ1) is 23.2. The van der Waals surface area contributed by atoms with Crippen LogP contribution in [0.5, 0.6) is 28.7 Å². The van der Waals surface area contributed by atoms with Gasteiger partial charge in [0, 0.05) is 36.0 Å². The molecule has 0 aromatic heterocycles. The minimum Gasteiger partial charge on any atom is -0.491 e. The van der Waals surface area contributed by atoms with Gasteiger partial charge in [-0.3, -0.25) is 0 Å². The molecule has 0 saturated heterocycles. The number of anilines is 2. The Morgan fingerprint density at radius 3 is 2.06 bits per heavy atom. The summed E-state index contributed by atoms with van der Waals surface area (Å²) in [7, 11) is 4.12. The van der Waals surface area contributed by atoms with Crippen LogP contribution in [0.15, 0.2) is 52.9 Å². The van der Waals surface area contributed by atoms with Crippen molar-refractivity contribution in [3.63, 3.8) is 0 Å². The molecule has 36 heavy (non-hydrogen) atoms. The van der Waals surface area contributed by atoms with E-state index in [2.05, 4.69) is 10.6 Å². The summed E-state index contributed by atoms with van der Waals surface area (Å²) >= 11 is 0. The molecule has 3 aliphatic rings. The van der Waals surface area contributed by atoms with Crippen LogP contribution in [-0.4, -0.2) is 46.9 Å². The van der Waals surface area contributed by atoms with Gasteiger partial charge in [-0.15, -0.1) is 0 Å². The molecule has 0 atom stereocenters. The van der Waals surface area contributed by atoms with Crippen molar-refractivity contribution in [1.29, 1.82) is 0 Å². The average molecular weight is 496 g/mol. The van der Waals surface area contributed by atoms with Crippen LogP contribution in [0.3, 0.4) is 0 Å². The number of fused-ring (bicyclic) bond motifs is 2. The minimum atomic E-state index is -0.536.